The van der Waals surface area contributed by atoms with E-state index >= 15 is 0 Å². The number of ketones is 1. The van der Waals surface area contributed by atoms with Crippen LogP contribution >= 0.6 is 23.9 Å². The second-order valence-corrected chi connectivity index (χ2v) is 9.66. The average molecular weight is 484 g/mol. The van der Waals surface area contributed by atoms with Gasteiger partial charge in [0.2, 0.25) is 11.8 Å². The van der Waals surface area contributed by atoms with Crippen molar-refractivity contribution in [2.24, 2.45) is 11.7 Å². The summed E-state index contributed by atoms with van der Waals surface area (Å²) in [7, 11) is 0. The van der Waals surface area contributed by atoms with Gasteiger partial charge in [0.25, 0.3) is 0 Å². The van der Waals surface area contributed by atoms with Crippen molar-refractivity contribution in [3.05, 3.63) is 35.4 Å². The van der Waals surface area contributed by atoms with Gasteiger partial charge in [0, 0.05) is 36.9 Å². The van der Waals surface area contributed by atoms with E-state index in [-0.39, 0.29) is 29.6 Å². The van der Waals surface area contributed by atoms with Crippen LogP contribution in [0.15, 0.2) is 24.3 Å². The molecule has 0 aliphatic heterocycles. The first-order valence-electron chi connectivity index (χ1n) is 10.8. The molecule has 0 spiro atoms. The lowest BCUT2D eigenvalue weighted by Crippen LogP contribution is -2.49. The van der Waals surface area contributed by atoms with Crippen LogP contribution in [0, 0.1) is 5.92 Å². The van der Waals surface area contributed by atoms with E-state index in [1.54, 1.807) is 0 Å². The van der Waals surface area contributed by atoms with Gasteiger partial charge in [0.15, 0.2) is 5.78 Å². The van der Waals surface area contributed by atoms with Gasteiger partial charge >= 0.3 is 0 Å². The van der Waals surface area contributed by atoms with Crippen molar-refractivity contribution in [3.63, 3.8) is 0 Å². The van der Waals surface area contributed by atoms with E-state index in [2.05, 4.69) is 33.1 Å². The van der Waals surface area contributed by atoms with Crippen LogP contribution < -0.4 is 25.8 Å². The molecule has 0 saturated carbocycles. The van der Waals surface area contributed by atoms with Crippen LogP contribution in [0.1, 0.15) is 52.2 Å². The third kappa shape index (κ3) is 11.3. The van der Waals surface area contributed by atoms with Crippen LogP contribution in [0.4, 0.5) is 0 Å². The molecular formula is C22H37N5O3S2. The van der Waals surface area contributed by atoms with Crippen molar-refractivity contribution in [1.82, 2.24) is 20.1 Å². The molecule has 0 aliphatic rings. The second kappa shape index (κ2) is 15.3. The van der Waals surface area contributed by atoms with Crippen LogP contribution in [0.25, 0.3) is 0 Å². The van der Waals surface area contributed by atoms with Gasteiger partial charge in [-0.05, 0) is 24.5 Å². The first-order valence-corrected chi connectivity index (χ1v) is 12.8. The Bertz CT molecular complexity index is 748. The standard InChI is InChI=1S/C22H37N5O3S2/c1-6-15(4)25-19(21(23)30)11-24-31-12-17-8-7-9-18(10-17)13-32-27-22(26-16(5)28)20(29)14(2)3/h7-10,14-15,19,22,24-25,27H,6,11-13H2,1-5H3,(H2,23,30)(H,26,28). The SMILES string of the molecule is CCC(C)NC(CNSCc1cccc(CSNC(NC(C)=O)C(=O)C(C)C)c1)C(N)=O. The maximum absolute atomic E-state index is 12.3. The monoisotopic (exact) mass is 483 g/mol. The smallest absolute Gasteiger partial charge is 0.235 e. The summed E-state index contributed by atoms with van der Waals surface area (Å²) in [5, 5.41) is 5.88. The first-order chi connectivity index (χ1) is 15.1. The Kier molecular flexibility index (Phi) is 13.6. The number of primary amides is 1. The maximum atomic E-state index is 12.3. The summed E-state index contributed by atoms with van der Waals surface area (Å²) in [6.07, 6.45) is 0.219. The van der Waals surface area contributed by atoms with Crippen molar-refractivity contribution >= 4 is 41.5 Å². The molecular weight excluding hydrogens is 446 g/mol. The third-order valence-electron chi connectivity index (χ3n) is 4.70. The lowest BCUT2D eigenvalue weighted by atomic mass is 10.1. The van der Waals surface area contributed by atoms with Gasteiger partial charge in [0.05, 0.1) is 0 Å². The molecule has 0 saturated heterocycles. The highest BCUT2D eigenvalue weighted by atomic mass is 32.2. The predicted molar refractivity (Wildman–Crippen MR) is 133 cm³/mol. The zero-order chi connectivity index (χ0) is 24.1. The largest absolute Gasteiger partial charge is 0.368 e. The van der Waals surface area contributed by atoms with E-state index in [4.69, 9.17) is 5.73 Å². The molecule has 3 atom stereocenters. The number of nitrogens with two attached hydrogens (primary N) is 1. The topological polar surface area (TPSA) is 125 Å². The van der Waals surface area contributed by atoms with Crippen molar-refractivity contribution in [1.29, 1.82) is 0 Å². The van der Waals surface area contributed by atoms with Crippen LogP contribution in [-0.4, -0.2) is 42.4 Å². The van der Waals surface area contributed by atoms with Crippen LogP contribution in [0.2, 0.25) is 0 Å². The summed E-state index contributed by atoms with van der Waals surface area (Å²) in [5.41, 5.74) is 7.72. The van der Waals surface area contributed by atoms with Crippen molar-refractivity contribution in [3.8, 4) is 0 Å². The van der Waals surface area contributed by atoms with E-state index < -0.39 is 12.2 Å². The molecule has 1 rings (SSSR count). The van der Waals surface area contributed by atoms with E-state index in [1.807, 2.05) is 39.0 Å². The minimum absolute atomic E-state index is 0.0546. The summed E-state index contributed by atoms with van der Waals surface area (Å²) >= 11 is 2.91. The number of nitrogens with one attached hydrogen (secondary N) is 4. The summed E-state index contributed by atoms with van der Waals surface area (Å²) in [6.45, 7) is 9.56. The number of Topliss-reactive ketones (excluding diaryl/α,β-unsaturated/α-hetero) is 1. The number of hydrogen-bond donors (Lipinski definition) is 5. The Morgan fingerprint density at radius 3 is 2.22 bits per heavy atom. The lowest BCUT2D eigenvalue weighted by molar-refractivity contribution is -0.128. The zero-order valence-electron chi connectivity index (χ0n) is 19.6. The van der Waals surface area contributed by atoms with Crippen molar-refractivity contribution in [2.45, 2.75) is 70.8 Å². The normalized spacial score (nSPS) is 14.1. The molecule has 8 nitrogen and oxygen atoms in total. The summed E-state index contributed by atoms with van der Waals surface area (Å²) in [4.78, 5) is 35.2. The minimum atomic E-state index is -0.706. The molecule has 32 heavy (non-hydrogen) atoms. The number of carbonyl (C=O) groups is 3. The van der Waals surface area contributed by atoms with Crippen molar-refractivity contribution in [2.75, 3.05) is 6.54 Å². The predicted octanol–water partition coefficient (Wildman–Crippen LogP) is 2.09. The van der Waals surface area contributed by atoms with Gasteiger partial charge in [-0.2, -0.15) is 0 Å². The molecule has 6 N–H and O–H groups in total. The number of hydrogen-bond acceptors (Lipinski definition) is 8. The molecule has 0 aliphatic carbocycles. The quantitative estimate of drug-likeness (QED) is 0.137. The van der Waals surface area contributed by atoms with Gasteiger partial charge in [0.1, 0.15) is 12.2 Å². The molecule has 180 valence electrons. The molecule has 1 aromatic carbocycles. The summed E-state index contributed by atoms with van der Waals surface area (Å²) in [5.74, 6) is 0.542. The van der Waals surface area contributed by atoms with E-state index in [9.17, 15) is 14.4 Å². The third-order valence-corrected chi connectivity index (χ3v) is 6.43. The molecule has 0 fully saturated rings. The van der Waals surface area contributed by atoms with Gasteiger partial charge in [-0.3, -0.25) is 19.1 Å². The number of amides is 2. The van der Waals surface area contributed by atoms with Crippen molar-refractivity contribution < 1.29 is 14.4 Å². The van der Waals surface area contributed by atoms with Crippen LogP contribution in [0.5, 0.6) is 0 Å². The fourth-order valence-electron chi connectivity index (χ4n) is 2.69. The highest BCUT2D eigenvalue weighted by Gasteiger charge is 2.21. The van der Waals surface area contributed by atoms with E-state index in [0.717, 1.165) is 23.3 Å². The van der Waals surface area contributed by atoms with E-state index in [1.165, 1.54) is 30.8 Å². The Balaban J connectivity index is 2.49. The van der Waals surface area contributed by atoms with Gasteiger partial charge in [-0.1, -0.05) is 68.9 Å². The lowest BCUT2D eigenvalue weighted by Gasteiger charge is -2.20. The highest BCUT2D eigenvalue weighted by molar-refractivity contribution is 7.96. The Hall–Kier alpha value is -1.59. The van der Waals surface area contributed by atoms with Gasteiger partial charge in [-0.15, -0.1) is 0 Å². The molecule has 3 unspecified atom stereocenters. The number of rotatable bonds is 16. The molecule has 0 bridgehead atoms. The Labute approximate surface area is 200 Å². The second-order valence-electron chi connectivity index (χ2n) is 7.99. The average Bonchev–Trinajstić information content (AvgIpc) is 2.74. The first kappa shape index (κ1) is 28.4. The summed E-state index contributed by atoms with van der Waals surface area (Å²) in [6, 6.07) is 7.98. The Morgan fingerprint density at radius 2 is 1.69 bits per heavy atom. The van der Waals surface area contributed by atoms with Crippen LogP contribution in [-0.2, 0) is 25.9 Å². The number of benzene rings is 1. The Morgan fingerprint density at radius 1 is 1.06 bits per heavy atom. The fraction of sp³-hybridized carbons (Fsp3) is 0.591. The molecule has 0 aromatic heterocycles. The minimum Gasteiger partial charge on any atom is -0.368 e. The zero-order valence-corrected chi connectivity index (χ0v) is 21.2. The van der Waals surface area contributed by atoms with E-state index in [0.29, 0.717) is 12.3 Å². The molecule has 0 radical (unpaired) electrons. The molecule has 0 heterocycles. The number of carbonyl (C=O) groups excluding carboxylic acids is 3. The fourth-order valence-corrected chi connectivity index (χ4v) is 4.20. The molecule has 1 aromatic rings. The summed E-state index contributed by atoms with van der Waals surface area (Å²) < 4.78 is 6.28. The molecule has 10 heteroatoms. The molecule has 2 amide bonds. The van der Waals surface area contributed by atoms with Gasteiger partial charge in [-0.25, -0.2) is 4.72 Å². The highest BCUT2D eigenvalue weighted by Crippen LogP contribution is 2.16. The van der Waals surface area contributed by atoms with Crippen LogP contribution in [0.3, 0.4) is 0 Å². The van der Waals surface area contributed by atoms with Gasteiger partial charge < -0.3 is 16.4 Å². The maximum Gasteiger partial charge on any atom is 0.235 e.